The molecule has 1 aromatic rings. The van der Waals surface area contributed by atoms with Crippen LogP contribution < -0.4 is 5.32 Å². The van der Waals surface area contributed by atoms with Crippen LogP contribution in [0.3, 0.4) is 0 Å². The van der Waals surface area contributed by atoms with Gasteiger partial charge in [-0.1, -0.05) is 57.0 Å². The molecule has 17 heavy (non-hydrogen) atoms. The molecule has 1 saturated carbocycles. The Kier molecular flexibility index (Phi) is 6.01. The first-order chi connectivity index (χ1) is 7.77. The number of halogens is 1. The SMILES string of the molecule is CC(C)NC1CCCCC1c1ccccc1.Cl. The van der Waals surface area contributed by atoms with Crippen LogP contribution in [0.4, 0.5) is 0 Å². The quantitative estimate of drug-likeness (QED) is 0.854. The van der Waals surface area contributed by atoms with E-state index in [4.69, 9.17) is 0 Å². The van der Waals surface area contributed by atoms with Crippen LogP contribution in [0, 0.1) is 0 Å². The normalized spacial score (nSPS) is 24.4. The number of nitrogens with one attached hydrogen (secondary N) is 1. The summed E-state index contributed by atoms with van der Waals surface area (Å²) in [6.07, 6.45) is 5.44. The first-order valence-electron chi connectivity index (χ1n) is 6.58. The molecule has 2 unspecified atom stereocenters. The molecule has 0 aliphatic heterocycles. The Morgan fingerprint density at radius 2 is 1.71 bits per heavy atom. The monoisotopic (exact) mass is 253 g/mol. The maximum Gasteiger partial charge on any atom is 0.0138 e. The number of hydrogen-bond donors (Lipinski definition) is 1. The third kappa shape index (κ3) is 4.01. The van der Waals surface area contributed by atoms with E-state index < -0.39 is 0 Å². The summed E-state index contributed by atoms with van der Waals surface area (Å²) in [5.74, 6) is 0.720. The zero-order valence-corrected chi connectivity index (χ0v) is 11.7. The highest BCUT2D eigenvalue weighted by atomic mass is 35.5. The first-order valence-corrected chi connectivity index (χ1v) is 6.58. The second kappa shape index (κ2) is 7.03. The topological polar surface area (TPSA) is 12.0 Å². The molecule has 0 heterocycles. The third-order valence-corrected chi connectivity index (χ3v) is 3.54. The molecule has 0 spiro atoms. The van der Waals surface area contributed by atoms with Gasteiger partial charge in [0.15, 0.2) is 0 Å². The first kappa shape index (κ1) is 14.5. The summed E-state index contributed by atoms with van der Waals surface area (Å²) in [6, 6.07) is 12.3. The molecule has 2 heteroatoms. The van der Waals surface area contributed by atoms with Crippen molar-refractivity contribution in [2.24, 2.45) is 0 Å². The van der Waals surface area contributed by atoms with Crippen molar-refractivity contribution in [1.82, 2.24) is 5.32 Å². The lowest BCUT2D eigenvalue weighted by atomic mass is 9.80. The highest BCUT2D eigenvalue weighted by Gasteiger charge is 2.26. The summed E-state index contributed by atoms with van der Waals surface area (Å²) in [4.78, 5) is 0. The van der Waals surface area contributed by atoms with Gasteiger partial charge < -0.3 is 5.32 Å². The fraction of sp³-hybridized carbons (Fsp3) is 0.600. The van der Waals surface area contributed by atoms with Gasteiger partial charge in [0, 0.05) is 12.1 Å². The second-order valence-electron chi connectivity index (χ2n) is 5.23. The van der Waals surface area contributed by atoms with Gasteiger partial charge >= 0.3 is 0 Å². The van der Waals surface area contributed by atoms with E-state index in [0.717, 1.165) is 5.92 Å². The Balaban J connectivity index is 0.00000144. The van der Waals surface area contributed by atoms with Crippen LogP contribution in [0.15, 0.2) is 30.3 Å². The van der Waals surface area contributed by atoms with Gasteiger partial charge in [-0.25, -0.2) is 0 Å². The molecule has 1 aromatic carbocycles. The van der Waals surface area contributed by atoms with E-state index in [2.05, 4.69) is 49.5 Å². The predicted molar refractivity (Wildman–Crippen MR) is 77.0 cm³/mol. The zero-order valence-electron chi connectivity index (χ0n) is 10.9. The maximum absolute atomic E-state index is 3.73. The average Bonchev–Trinajstić information content (AvgIpc) is 2.30. The lowest BCUT2D eigenvalue weighted by Crippen LogP contribution is -2.41. The Morgan fingerprint density at radius 1 is 1.06 bits per heavy atom. The van der Waals surface area contributed by atoms with Gasteiger partial charge in [0.05, 0.1) is 0 Å². The van der Waals surface area contributed by atoms with Gasteiger partial charge in [-0.3, -0.25) is 0 Å². The number of rotatable bonds is 3. The van der Waals surface area contributed by atoms with Crippen molar-refractivity contribution < 1.29 is 0 Å². The van der Waals surface area contributed by atoms with Gasteiger partial charge in [-0.05, 0) is 24.3 Å². The molecular weight excluding hydrogens is 230 g/mol. The van der Waals surface area contributed by atoms with Gasteiger partial charge in [-0.2, -0.15) is 0 Å². The van der Waals surface area contributed by atoms with Crippen molar-refractivity contribution in [2.45, 2.75) is 57.5 Å². The fourth-order valence-electron chi connectivity index (χ4n) is 2.86. The van der Waals surface area contributed by atoms with Crippen LogP contribution in [0.1, 0.15) is 51.0 Å². The van der Waals surface area contributed by atoms with Crippen molar-refractivity contribution in [3.8, 4) is 0 Å². The smallest absolute Gasteiger partial charge is 0.0138 e. The molecule has 1 aliphatic rings. The highest BCUT2D eigenvalue weighted by molar-refractivity contribution is 5.85. The molecule has 0 amide bonds. The minimum atomic E-state index is 0. The van der Waals surface area contributed by atoms with Gasteiger partial charge in [0.1, 0.15) is 0 Å². The summed E-state index contributed by atoms with van der Waals surface area (Å²) in [6.45, 7) is 4.49. The summed E-state index contributed by atoms with van der Waals surface area (Å²) in [5.41, 5.74) is 1.51. The maximum atomic E-state index is 3.73. The van der Waals surface area contributed by atoms with E-state index in [1.165, 1.54) is 31.2 Å². The van der Waals surface area contributed by atoms with E-state index in [-0.39, 0.29) is 12.4 Å². The minimum absolute atomic E-state index is 0. The largest absolute Gasteiger partial charge is 0.311 e. The van der Waals surface area contributed by atoms with Gasteiger partial charge in [0.25, 0.3) is 0 Å². The third-order valence-electron chi connectivity index (χ3n) is 3.54. The van der Waals surface area contributed by atoms with Crippen LogP contribution in [0.2, 0.25) is 0 Å². The molecule has 1 N–H and O–H groups in total. The predicted octanol–water partition coefficient (Wildman–Crippen LogP) is 4.13. The second-order valence-corrected chi connectivity index (χ2v) is 5.23. The van der Waals surface area contributed by atoms with Gasteiger partial charge in [-0.15, -0.1) is 12.4 Å². The molecule has 2 rings (SSSR count). The van der Waals surface area contributed by atoms with Crippen molar-refractivity contribution >= 4 is 12.4 Å². The Morgan fingerprint density at radius 3 is 2.35 bits per heavy atom. The molecular formula is C15H24ClN. The molecule has 2 atom stereocenters. The van der Waals surface area contributed by atoms with Crippen LogP contribution in [0.25, 0.3) is 0 Å². The van der Waals surface area contributed by atoms with Gasteiger partial charge in [0.2, 0.25) is 0 Å². The Labute approximate surface area is 111 Å². The lowest BCUT2D eigenvalue weighted by Gasteiger charge is -2.34. The van der Waals surface area contributed by atoms with Crippen LogP contribution in [-0.2, 0) is 0 Å². The highest BCUT2D eigenvalue weighted by Crippen LogP contribution is 2.33. The Bertz CT molecular complexity index is 310. The zero-order chi connectivity index (χ0) is 11.4. The molecule has 1 nitrogen and oxygen atoms in total. The van der Waals surface area contributed by atoms with Crippen molar-refractivity contribution in [1.29, 1.82) is 0 Å². The lowest BCUT2D eigenvalue weighted by molar-refractivity contribution is 0.310. The fourth-order valence-corrected chi connectivity index (χ4v) is 2.86. The van der Waals surface area contributed by atoms with Crippen LogP contribution >= 0.6 is 12.4 Å². The summed E-state index contributed by atoms with van der Waals surface area (Å²) in [5, 5.41) is 3.73. The molecule has 0 bridgehead atoms. The standard InChI is InChI=1S/C15H23N.ClH/c1-12(2)16-15-11-7-6-10-14(15)13-8-4-3-5-9-13;/h3-5,8-9,12,14-16H,6-7,10-11H2,1-2H3;1H. The van der Waals surface area contributed by atoms with E-state index in [0.29, 0.717) is 12.1 Å². The average molecular weight is 254 g/mol. The Hall–Kier alpha value is -0.530. The molecule has 96 valence electrons. The molecule has 0 saturated heterocycles. The minimum Gasteiger partial charge on any atom is -0.311 e. The van der Waals surface area contributed by atoms with E-state index in [1.54, 1.807) is 0 Å². The number of benzene rings is 1. The van der Waals surface area contributed by atoms with Crippen molar-refractivity contribution in [3.63, 3.8) is 0 Å². The molecule has 1 fully saturated rings. The van der Waals surface area contributed by atoms with E-state index >= 15 is 0 Å². The molecule has 0 radical (unpaired) electrons. The van der Waals surface area contributed by atoms with Crippen molar-refractivity contribution in [3.05, 3.63) is 35.9 Å². The van der Waals surface area contributed by atoms with Crippen LogP contribution in [0.5, 0.6) is 0 Å². The molecule has 1 aliphatic carbocycles. The van der Waals surface area contributed by atoms with Crippen LogP contribution in [-0.4, -0.2) is 12.1 Å². The van der Waals surface area contributed by atoms with E-state index in [1.807, 2.05) is 0 Å². The summed E-state index contributed by atoms with van der Waals surface area (Å²) >= 11 is 0. The summed E-state index contributed by atoms with van der Waals surface area (Å²) in [7, 11) is 0. The van der Waals surface area contributed by atoms with Crippen molar-refractivity contribution in [2.75, 3.05) is 0 Å². The van der Waals surface area contributed by atoms with E-state index in [9.17, 15) is 0 Å². The summed E-state index contributed by atoms with van der Waals surface area (Å²) < 4.78 is 0. The molecule has 0 aromatic heterocycles. The number of hydrogen-bond acceptors (Lipinski definition) is 1.